The first kappa shape index (κ1) is 21.3. The van der Waals surface area contributed by atoms with E-state index in [0.29, 0.717) is 19.0 Å². The van der Waals surface area contributed by atoms with Crippen LogP contribution in [0.15, 0.2) is 0 Å². The third kappa shape index (κ3) is 5.86. The number of likely N-dealkylation sites (N-methyl/N-ethyl adjacent to an activating group) is 1. The Morgan fingerprint density at radius 3 is 2.37 bits per heavy atom. The minimum absolute atomic E-state index is 0. The Labute approximate surface area is 129 Å². The van der Waals surface area contributed by atoms with Gasteiger partial charge in [0.1, 0.15) is 0 Å². The Balaban J connectivity index is 0. The van der Waals surface area contributed by atoms with Crippen molar-refractivity contribution >= 4 is 30.7 Å². The van der Waals surface area contributed by atoms with Crippen LogP contribution in [0.1, 0.15) is 33.1 Å². The molecule has 0 aromatic rings. The smallest absolute Gasteiger partial charge is 0.223 e. The first-order chi connectivity index (χ1) is 7.88. The van der Waals surface area contributed by atoms with E-state index < -0.39 is 0 Å². The number of carbonyl (C=O) groups excluding carboxylic acids is 1. The zero-order valence-corrected chi connectivity index (χ0v) is 14.1. The van der Waals surface area contributed by atoms with Gasteiger partial charge in [0.15, 0.2) is 0 Å². The zero-order chi connectivity index (χ0) is 13.1. The fourth-order valence-electron chi connectivity index (χ4n) is 2.26. The van der Waals surface area contributed by atoms with Crippen molar-refractivity contribution in [3.05, 3.63) is 0 Å². The highest BCUT2D eigenvalue weighted by atomic mass is 35.5. The van der Waals surface area contributed by atoms with Crippen LogP contribution in [-0.2, 0) is 4.79 Å². The van der Waals surface area contributed by atoms with Gasteiger partial charge in [-0.3, -0.25) is 4.79 Å². The summed E-state index contributed by atoms with van der Waals surface area (Å²) in [5.41, 5.74) is 5.70. The maximum Gasteiger partial charge on any atom is 0.223 e. The Morgan fingerprint density at radius 1 is 1.32 bits per heavy atom. The molecular formula is C13H29Cl2N3O. The highest BCUT2D eigenvalue weighted by Gasteiger charge is 2.32. The standard InChI is InChI=1S/C13H27N3O.2ClH/c1-13(2,16(3)4)9-15-12(17)11-7-5-6-10(11)8-14;;/h10-11H,5-9,14H2,1-4H3,(H,15,17);2*1H/t10-,11-;;/m1../s1. The molecule has 0 aromatic carbocycles. The Hall–Kier alpha value is -0.0300. The van der Waals surface area contributed by atoms with E-state index in [9.17, 15) is 4.79 Å². The van der Waals surface area contributed by atoms with E-state index in [1.165, 1.54) is 0 Å². The number of hydrogen-bond donors (Lipinski definition) is 2. The molecule has 1 fully saturated rings. The van der Waals surface area contributed by atoms with Crippen molar-refractivity contribution in [1.82, 2.24) is 10.2 Å². The average molecular weight is 314 g/mol. The van der Waals surface area contributed by atoms with E-state index in [1.807, 2.05) is 14.1 Å². The lowest BCUT2D eigenvalue weighted by atomic mass is 9.95. The highest BCUT2D eigenvalue weighted by Crippen LogP contribution is 2.31. The minimum atomic E-state index is -0.00746. The normalized spacial score (nSPS) is 22.6. The van der Waals surface area contributed by atoms with Gasteiger partial charge in [-0.15, -0.1) is 24.8 Å². The number of carbonyl (C=O) groups is 1. The van der Waals surface area contributed by atoms with Gasteiger partial charge in [-0.25, -0.2) is 0 Å². The van der Waals surface area contributed by atoms with Crippen molar-refractivity contribution in [3.63, 3.8) is 0 Å². The van der Waals surface area contributed by atoms with E-state index in [1.54, 1.807) is 0 Å². The maximum absolute atomic E-state index is 12.1. The van der Waals surface area contributed by atoms with Crippen molar-refractivity contribution in [2.24, 2.45) is 17.6 Å². The maximum atomic E-state index is 12.1. The molecule has 0 unspecified atom stereocenters. The van der Waals surface area contributed by atoms with Gasteiger partial charge < -0.3 is 16.0 Å². The summed E-state index contributed by atoms with van der Waals surface area (Å²) in [6.45, 7) is 5.58. The van der Waals surface area contributed by atoms with E-state index in [0.717, 1.165) is 19.3 Å². The summed E-state index contributed by atoms with van der Waals surface area (Å²) >= 11 is 0. The largest absolute Gasteiger partial charge is 0.354 e. The zero-order valence-electron chi connectivity index (χ0n) is 12.4. The minimum Gasteiger partial charge on any atom is -0.354 e. The summed E-state index contributed by atoms with van der Waals surface area (Å²) in [5, 5.41) is 3.07. The summed E-state index contributed by atoms with van der Waals surface area (Å²) in [5.74, 6) is 0.711. The number of halogens is 2. The summed E-state index contributed by atoms with van der Waals surface area (Å²) < 4.78 is 0. The van der Waals surface area contributed by atoms with Crippen LogP contribution >= 0.6 is 24.8 Å². The van der Waals surface area contributed by atoms with E-state index in [-0.39, 0.29) is 42.2 Å². The molecular weight excluding hydrogens is 285 g/mol. The number of nitrogens with two attached hydrogens (primary N) is 1. The molecule has 4 nitrogen and oxygen atoms in total. The molecule has 1 amide bonds. The molecule has 1 rings (SSSR count). The molecule has 0 bridgehead atoms. The van der Waals surface area contributed by atoms with Gasteiger partial charge in [0.25, 0.3) is 0 Å². The van der Waals surface area contributed by atoms with Gasteiger partial charge in [-0.1, -0.05) is 6.42 Å². The Bertz CT molecular complexity index is 273. The predicted molar refractivity (Wildman–Crippen MR) is 85.2 cm³/mol. The van der Waals surface area contributed by atoms with Crippen molar-refractivity contribution in [2.75, 3.05) is 27.2 Å². The molecule has 0 aliphatic heterocycles. The molecule has 0 saturated heterocycles. The van der Waals surface area contributed by atoms with Gasteiger partial charge in [0.2, 0.25) is 5.91 Å². The molecule has 19 heavy (non-hydrogen) atoms. The van der Waals surface area contributed by atoms with Gasteiger partial charge in [0, 0.05) is 18.0 Å². The molecule has 0 spiro atoms. The number of amides is 1. The Morgan fingerprint density at radius 2 is 1.89 bits per heavy atom. The van der Waals surface area contributed by atoms with Crippen LogP contribution in [0, 0.1) is 11.8 Å². The second kappa shape index (κ2) is 9.01. The van der Waals surface area contributed by atoms with Gasteiger partial charge >= 0.3 is 0 Å². The molecule has 2 atom stereocenters. The van der Waals surface area contributed by atoms with E-state index in [4.69, 9.17) is 5.73 Å². The molecule has 0 heterocycles. The van der Waals surface area contributed by atoms with Crippen LogP contribution in [0.25, 0.3) is 0 Å². The molecule has 1 aliphatic carbocycles. The van der Waals surface area contributed by atoms with Crippen LogP contribution in [0.5, 0.6) is 0 Å². The fraction of sp³-hybridized carbons (Fsp3) is 0.923. The van der Waals surface area contributed by atoms with Gasteiger partial charge in [0.05, 0.1) is 0 Å². The van der Waals surface area contributed by atoms with Gasteiger partial charge in [-0.2, -0.15) is 0 Å². The van der Waals surface area contributed by atoms with Crippen LogP contribution in [0.4, 0.5) is 0 Å². The predicted octanol–water partition coefficient (Wildman–Crippen LogP) is 1.66. The molecule has 1 aliphatic rings. The Kier molecular flexibility index (Phi) is 10.1. The second-order valence-electron chi connectivity index (χ2n) is 5.96. The molecule has 3 N–H and O–H groups in total. The van der Waals surface area contributed by atoms with Crippen molar-refractivity contribution < 1.29 is 4.79 Å². The molecule has 0 aromatic heterocycles. The van der Waals surface area contributed by atoms with Crippen LogP contribution < -0.4 is 11.1 Å². The summed E-state index contributed by atoms with van der Waals surface area (Å²) in [4.78, 5) is 14.2. The van der Waals surface area contributed by atoms with Gasteiger partial charge in [-0.05, 0) is 53.2 Å². The summed E-state index contributed by atoms with van der Waals surface area (Å²) in [6, 6.07) is 0. The first-order valence-electron chi connectivity index (χ1n) is 6.53. The summed E-state index contributed by atoms with van der Waals surface area (Å²) in [7, 11) is 4.06. The molecule has 6 heteroatoms. The second-order valence-corrected chi connectivity index (χ2v) is 5.96. The van der Waals surface area contributed by atoms with E-state index in [2.05, 4.69) is 24.1 Å². The number of nitrogens with one attached hydrogen (secondary N) is 1. The fourth-order valence-corrected chi connectivity index (χ4v) is 2.26. The number of rotatable bonds is 5. The van der Waals surface area contributed by atoms with Crippen molar-refractivity contribution in [1.29, 1.82) is 0 Å². The van der Waals surface area contributed by atoms with E-state index >= 15 is 0 Å². The van der Waals surface area contributed by atoms with Crippen LogP contribution in [-0.4, -0.2) is 43.5 Å². The summed E-state index contributed by atoms with van der Waals surface area (Å²) in [6.07, 6.45) is 3.23. The lowest BCUT2D eigenvalue weighted by molar-refractivity contribution is -0.126. The molecule has 116 valence electrons. The third-order valence-electron chi connectivity index (χ3n) is 4.20. The SMILES string of the molecule is CN(C)C(C)(C)CNC(=O)[C@@H]1CCC[C@@H]1CN.Cl.Cl. The monoisotopic (exact) mass is 313 g/mol. The lowest BCUT2D eigenvalue weighted by Crippen LogP contribution is -2.49. The highest BCUT2D eigenvalue weighted by molar-refractivity contribution is 5.85. The van der Waals surface area contributed by atoms with Crippen molar-refractivity contribution in [2.45, 2.75) is 38.6 Å². The topological polar surface area (TPSA) is 58.4 Å². The molecule has 0 radical (unpaired) electrons. The van der Waals surface area contributed by atoms with Crippen LogP contribution in [0.2, 0.25) is 0 Å². The van der Waals surface area contributed by atoms with Crippen molar-refractivity contribution in [3.8, 4) is 0 Å². The average Bonchev–Trinajstić information content (AvgIpc) is 2.73. The quantitative estimate of drug-likeness (QED) is 0.811. The number of nitrogens with zero attached hydrogens (tertiary/aromatic N) is 1. The lowest BCUT2D eigenvalue weighted by Gasteiger charge is -2.33. The first-order valence-corrected chi connectivity index (χ1v) is 6.53. The third-order valence-corrected chi connectivity index (χ3v) is 4.20. The van der Waals surface area contributed by atoms with Crippen LogP contribution in [0.3, 0.4) is 0 Å². The molecule has 1 saturated carbocycles. The number of hydrogen-bond acceptors (Lipinski definition) is 3.